The standard InChI is InChI=1S/C24H36OS/c1-2-3-4-5-6-7-8-9-10-11-12-13-14-15-16-17-18-19-20-21-24(25)22-23-26/h3-4,6-7,9-10,12-13,15-16,18-19,23-25H,2,5,8,11,14,17,20-22H2,1H3/b4-3-,7-6-,10-9-,13-12-,16-15-,19-18+. The van der Waals surface area contributed by atoms with E-state index in [-0.39, 0.29) is 6.10 Å². The molecule has 1 N–H and O–H groups in total. The van der Waals surface area contributed by atoms with Crippen LogP contribution in [0, 0.1) is 0 Å². The van der Waals surface area contributed by atoms with Crippen LogP contribution >= 0.6 is 12.2 Å². The lowest BCUT2D eigenvalue weighted by Crippen LogP contribution is -2.04. The smallest absolute Gasteiger partial charge is 0.0585 e. The number of allylic oxidation sites excluding steroid dienone is 12. The van der Waals surface area contributed by atoms with Gasteiger partial charge >= 0.3 is 0 Å². The summed E-state index contributed by atoms with van der Waals surface area (Å²) in [6, 6.07) is 0. The fourth-order valence-corrected chi connectivity index (χ4v) is 2.38. The van der Waals surface area contributed by atoms with Crippen molar-refractivity contribution in [3.63, 3.8) is 0 Å². The largest absolute Gasteiger partial charge is 0.393 e. The number of rotatable bonds is 16. The minimum Gasteiger partial charge on any atom is -0.393 e. The molecule has 0 aromatic rings. The minimum atomic E-state index is -0.286. The van der Waals surface area contributed by atoms with E-state index in [1.807, 2.05) is 0 Å². The molecule has 0 radical (unpaired) electrons. The Kier molecular flexibility index (Phi) is 20.3. The van der Waals surface area contributed by atoms with E-state index in [1.54, 1.807) is 5.37 Å². The number of hydrogen-bond acceptors (Lipinski definition) is 2. The van der Waals surface area contributed by atoms with Crippen LogP contribution in [0.2, 0.25) is 0 Å². The van der Waals surface area contributed by atoms with Gasteiger partial charge in [-0.15, -0.1) is 0 Å². The fraction of sp³-hybridized carbons (Fsp3) is 0.458. The van der Waals surface area contributed by atoms with Crippen molar-refractivity contribution in [2.45, 2.75) is 70.8 Å². The second-order valence-corrected chi connectivity index (χ2v) is 6.38. The van der Waals surface area contributed by atoms with Gasteiger partial charge in [-0.3, -0.25) is 0 Å². The average molecular weight is 373 g/mol. The number of thiocarbonyl (C=S) groups is 1. The third kappa shape index (κ3) is 20.5. The van der Waals surface area contributed by atoms with Gasteiger partial charge in [0.1, 0.15) is 0 Å². The van der Waals surface area contributed by atoms with Crippen LogP contribution in [0.4, 0.5) is 0 Å². The normalized spacial score (nSPS) is 14.2. The molecule has 0 saturated heterocycles. The summed E-state index contributed by atoms with van der Waals surface area (Å²) in [6.45, 7) is 2.16. The summed E-state index contributed by atoms with van der Waals surface area (Å²) in [6.07, 6.45) is 34.5. The van der Waals surface area contributed by atoms with Crippen LogP contribution < -0.4 is 0 Å². The second-order valence-electron chi connectivity index (χ2n) is 6.05. The molecule has 26 heavy (non-hydrogen) atoms. The molecule has 0 fully saturated rings. The molecule has 144 valence electrons. The van der Waals surface area contributed by atoms with Gasteiger partial charge in [0.05, 0.1) is 6.10 Å². The first-order valence-corrected chi connectivity index (χ1v) is 10.3. The summed E-state index contributed by atoms with van der Waals surface area (Å²) < 4.78 is 0. The first kappa shape index (κ1) is 24.5. The molecular formula is C24H36OS. The van der Waals surface area contributed by atoms with E-state index in [2.05, 4.69) is 79.8 Å². The van der Waals surface area contributed by atoms with Crippen molar-refractivity contribution in [1.29, 1.82) is 0 Å². The molecule has 0 aliphatic rings. The first-order valence-electron chi connectivity index (χ1n) is 9.82. The Morgan fingerprint density at radius 3 is 1.42 bits per heavy atom. The highest BCUT2D eigenvalue weighted by Crippen LogP contribution is 2.02. The monoisotopic (exact) mass is 372 g/mol. The predicted octanol–water partition coefficient (Wildman–Crippen LogP) is 7.22. The van der Waals surface area contributed by atoms with Gasteiger partial charge in [0.15, 0.2) is 0 Å². The summed E-state index contributed by atoms with van der Waals surface area (Å²) in [5, 5.41) is 11.1. The lowest BCUT2D eigenvalue weighted by molar-refractivity contribution is 0.175. The minimum absolute atomic E-state index is 0.286. The van der Waals surface area contributed by atoms with Crippen molar-refractivity contribution in [1.82, 2.24) is 0 Å². The Morgan fingerprint density at radius 2 is 1.04 bits per heavy atom. The third-order valence-electron chi connectivity index (χ3n) is 3.63. The molecule has 0 spiro atoms. The van der Waals surface area contributed by atoms with Crippen LogP contribution in [0.3, 0.4) is 0 Å². The van der Waals surface area contributed by atoms with Crippen LogP contribution in [0.5, 0.6) is 0 Å². The predicted molar refractivity (Wildman–Crippen MR) is 122 cm³/mol. The molecule has 0 aliphatic heterocycles. The van der Waals surface area contributed by atoms with E-state index >= 15 is 0 Å². The van der Waals surface area contributed by atoms with E-state index in [4.69, 9.17) is 12.2 Å². The zero-order valence-corrected chi connectivity index (χ0v) is 17.1. The molecule has 1 nitrogen and oxygen atoms in total. The van der Waals surface area contributed by atoms with Crippen LogP contribution in [-0.4, -0.2) is 16.6 Å². The molecule has 2 heteroatoms. The Hall–Kier alpha value is -1.51. The molecule has 0 aromatic carbocycles. The van der Waals surface area contributed by atoms with Gasteiger partial charge in [0.25, 0.3) is 0 Å². The van der Waals surface area contributed by atoms with E-state index in [0.717, 1.165) is 51.4 Å². The molecule has 0 bridgehead atoms. The van der Waals surface area contributed by atoms with Crippen molar-refractivity contribution in [2.75, 3.05) is 0 Å². The van der Waals surface area contributed by atoms with Crippen molar-refractivity contribution in [3.05, 3.63) is 72.9 Å². The molecular weight excluding hydrogens is 336 g/mol. The quantitative estimate of drug-likeness (QED) is 0.228. The van der Waals surface area contributed by atoms with Crippen LogP contribution in [0.15, 0.2) is 72.9 Å². The fourth-order valence-electron chi connectivity index (χ4n) is 2.16. The van der Waals surface area contributed by atoms with E-state index in [9.17, 15) is 5.11 Å². The van der Waals surface area contributed by atoms with Gasteiger partial charge in [-0.05, 0) is 56.7 Å². The lowest BCUT2D eigenvalue weighted by Gasteiger charge is -2.03. The van der Waals surface area contributed by atoms with Gasteiger partial charge in [-0.25, -0.2) is 0 Å². The third-order valence-corrected chi connectivity index (χ3v) is 3.82. The van der Waals surface area contributed by atoms with Gasteiger partial charge < -0.3 is 5.11 Å². The molecule has 0 rings (SSSR count). The molecule has 0 saturated carbocycles. The molecule has 0 heterocycles. The molecule has 1 unspecified atom stereocenters. The van der Waals surface area contributed by atoms with Crippen molar-refractivity contribution in [3.8, 4) is 0 Å². The van der Waals surface area contributed by atoms with Gasteiger partial charge in [0, 0.05) is 6.42 Å². The van der Waals surface area contributed by atoms with Crippen LogP contribution in [0.1, 0.15) is 64.7 Å². The summed E-state index contributed by atoms with van der Waals surface area (Å²) >= 11 is 4.73. The number of hydrogen-bond donors (Lipinski definition) is 1. The van der Waals surface area contributed by atoms with Gasteiger partial charge in [-0.2, -0.15) is 0 Å². The number of aliphatic hydroxyl groups excluding tert-OH is 1. The molecule has 1 atom stereocenters. The molecule has 0 amide bonds. The van der Waals surface area contributed by atoms with Gasteiger partial charge in [-0.1, -0.05) is 92.1 Å². The van der Waals surface area contributed by atoms with Crippen molar-refractivity contribution < 1.29 is 5.11 Å². The van der Waals surface area contributed by atoms with Crippen molar-refractivity contribution >= 4 is 17.6 Å². The highest BCUT2D eigenvalue weighted by atomic mass is 32.1. The molecule has 0 aliphatic carbocycles. The SMILES string of the molecule is CC/C=C\C/C=C\C/C=C\C/C=C\C/C=C\C/C=C/CCC(O)CC=S. The van der Waals surface area contributed by atoms with E-state index < -0.39 is 0 Å². The Labute approximate surface area is 166 Å². The Balaban J connectivity index is 3.54. The summed E-state index contributed by atoms with van der Waals surface area (Å²) in [5.41, 5.74) is 0. The Morgan fingerprint density at radius 1 is 0.654 bits per heavy atom. The zero-order chi connectivity index (χ0) is 19.1. The van der Waals surface area contributed by atoms with Crippen molar-refractivity contribution in [2.24, 2.45) is 0 Å². The van der Waals surface area contributed by atoms with E-state index in [1.165, 1.54) is 0 Å². The topological polar surface area (TPSA) is 20.2 Å². The van der Waals surface area contributed by atoms with Crippen LogP contribution in [-0.2, 0) is 0 Å². The Bertz CT molecular complexity index is 480. The maximum atomic E-state index is 9.53. The molecule has 0 aromatic heterocycles. The maximum absolute atomic E-state index is 9.53. The highest BCUT2D eigenvalue weighted by Gasteiger charge is 1.98. The number of aliphatic hydroxyl groups is 1. The maximum Gasteiger partial charge on any atom is 0.0585 e. The summed E-state index contributed by atoms with van der Waals surface area (Å²) in [4.78, 5) is 0. The summed E-state index contributed by atoms with van der Waals surface area (Å²) in [7, 11) is 0. The average Bonchev–Trinajstić information content (AvgIpc) is 2.64. The second kappa shape index (κ2) is 21.5. The zero-order valence-electron chi connectivity index (χ0n) is 16.3. The summed E-state index contributed by atoms with van der Waals surface area (Å²) in [5.74, 6) is 0. The lowest BCUT2D eigenvalue weighted by atomic mass is 10.1. The first-order chi connectivity index (χ1) is 12.8. The van der Waals surface area contributed by atoms with Gasteiger partial charge in [0.2, 0.25) is 0 Å². The highest BCUT2D eigenvalue weighted by molar-refractivity contribution is 7.78. The van der Waals surface area contributed by atoms with E-state index in [0.29, 0.717) is 6.42 Å². The van der Waals surface area contributed by atoms with Crippen LogP contribution in [0.25, 0.3) is 0 Å².